The van der Waals surface area contributed by atoms with Gasteiger partial charge in [-0.2, -0.15) is 17.0 Å². The predicted octanol–water partition coefficient (Wildman–Crippen LogP) is 2.76. The van der Waals surface area contributed by atoms with Crippen molar-refractivity contribution >= 4 is 39.6 Å². The minimum atomic E-state index is -0.843. The molecule has 0 spiro atoms. The summed E-state index contributed by atoms with van der Waals surface area (Å²) in [6.07, 6.45) is 1.51. The summed E-state index contributed by atoms with van der Waals surface area (Å²) in [6, 6.07) is 8.01. The number of hydrogen-bond acceptors (Lipinski definition) is 5. The Kier molecular flexibility index (Phi) is 7.99. The number of thioether (sulfide) groups is 1. The molecule has 1 aromatic carbocycles. The maximum Gasteiger partial charge on any atom is 0.329 e. The molecule has 1 N–H and O–H groups in total. The fourth-order valence-corrected chi connectivity index (χ4v) is 2.58. The summed E-state index contributed by atoms with van der Waals surface area (Å²) in [5.41, 5.74) is 0.442. The van der Waals surface area contributed by atoms with Crippen molar-refractivity contribution in [2.45, 2.75) is 25.5 Å². The average Bonchev–Trinajstić information content (AvgIpc) is 2.51. The van der Waals surface area contributed by atoms with Gasteiger partial charge in [0.2, 0.25) is 0 Å². The van der Waals surface area contributed by atoms with Crippen molar-refractivity contribution in [2.24, 2.45) is 0 Å². The lowest BCUT2D eigenvalue weighted by Crippen LogP contribution is -2.43. The van der Waals surface area contributed by atoms with Gasteiger partial charge in [-0.15, -0.1) is 0 Å². The SMILES string of the molecule is CSCC[C@@H](NC(=O)c1ccccc1Br)C(=O)O[C@H](C)C#N. The highest BCUT2D eigenvalue weighted by Gasteiger charge is 2.24. The summed E-state index contributed by atoms with van der Waals surface area (Å²) in [6.45, 7) is 1.49. The number of rotatable bonds is 7. The van der Waals surface area contributed by atoms with E-state index in [1.54, 1.807) is 36.0 Å². The van der Waals surface area contributed by atoms with Gasteiger partial charge in [-0.1, -0.05) is 12.1 Å². The molecule has 1 rings (SSSR count). The van der Waals surface area contributed by atoms with Crippen LogP contribution in [0, 0.1) is 11.3 Å². The lowest BCUT2D eigenvalue weighted by Gasteiger charge is -2.18. The van der Waals surface area contributed by atoms with E-state index in [-0.39, 0.29) is 5.91 Å². The van der Waals surface area contributed by atoms with E-state index in [1.807, 2.05) is 12.3 Å². The van der Waals surface area contributed by atoms with Crippen LogP contribution in [0.15, 0.2) is 28.7 Å². The highest BCUT2D eigenvalue weighted by molar-refractivity contribution is 9.10. The highest BCUT2D eigenvalue weighted by atomic mass is 79.9. The second-order valence-corrected chi connectivity index (χ2v) is 6.34. The number of nitrogens with one attached hydrogen (secondary N) is 1. The number of esters is 1. The van der Waals surface area contributed by atoms with Crippen molar-refractivity contribution in [2.75, 3.05) is 12.0 Å². The highest BCUT2D eigenvalue weighted by Crippen LogP contribution is 2.16. The molecule has 0 aliphatic rings. The molecule has 1 aromatic rings. The zero-order valence-electron chi connectivity index (χ0n) is 12.3. The van der Waals surface area contributed by atoms with Crippen LogP contribution in [0.5, 0.6) is 0 Å². The summed E-state index contributed by atoms with van der Waals surface area (Å²) in [4.78, 5) is 24.3. The van der Waals surface area contributed by atoms with Crippen LogP contribution >= 0.6 is 27.7 Å². The number of carbonyl (C=O) groups excluding carboxylic acids is 2. The Morgan fingerprint density at radius 3 is 2.73 bits per heavy atom. The van der Waals surface area contributed by atoms with Gasteiger partial charge in [0.05, 0.1) is 5.56 Å². The number of amides is 1. The molecular formula is C15H17BrN2O3S. The maximum absolute atomic E-state index is 12.3. The normalized spacial score (nSPS) is 12.8. The van der Waals surface area contributed by atoms with E-state index in [9.17, 15) is 9.59 Å². The van der Waals surface area contributed by atoms with Crippen LogP contribution < -0.4 is 5.32 Å². The van der Waals surface area contributed by atoms with Crippen LogP contribution in [-0.2, 0) is 9.53 Å². The first-order valence-corrected chi connectivity index (χ1v) is 8.82. The summed E-state index contributed by atoms with van der Waals surface area (Å²) in [5, 5.41) is 11.4. The molecule has 118 valence electrons. The molecule has 7 heteroatoms. The van der Waals surface area contributed by atoms with Gasteiger partial charge in [-0.25, -0.2) is 4.79 Å². The Labute approximate surface area is 142 Å². The van der Waals surface area contributed by atoms with Gasteiger partial charge < -0.3 is 10.1 Å². The van der Waals surface area contributed by atoms with E-state index < -0.39 is 18.1 Å². The van der Waals surface area contributed by atoms with Crippen molar-refractivity contribution in [3.05, 3.63) is 34.3 Å². The topological polar surface area (TPSA) is 79.2 Å². The van der Waals surface area contributed by atoms with E-state index in [0.29, 0.717) is 22.2 Å². The average molecular weight is 385 g/mol. The van der Waals surface area contributed by atoms with Crippen molar-refractivity contribution in [1.82, 2.24) is 5.32 Å². The van der Waals surface area contributed by atoms with Crippen molar-refractivity contribution in [3.63, 3.8) is 0 Å². The van der Waals surface area contributed by atoms with Crippen molar-refractivity contribution < 1.29 is 14.3 Å². The summed E-state index contributed by atoms with van der Waals surface area (Å²) < 4.78 is 5.64. The van der Waals surface area contributed by atoms with E-state index >= 15 is 0 Å². The quantitative estimate of drug-likeness (QED) is 0.731. The zero-order valence-corrected chi connectivity index (χ0v) is 14.7. The fourth-order valence-electron chi connectivity index (χ4n) is 1.65. The van der Waals surface area contributed by atoms with Gasteiger partial charge in [0.1, 0.15) is 12.1 Å². The first-order chi connectivity index (χ1) is 10.5. The van der Waals surface area contributed by atoms with Gasteiger partial charge >= 0.3 is 5.97 Å². The molecule has 0 aliphatic carbocycles. The van der Waals surface area contributed by atoms with Crippen LogP contribution in [0.3, 0.4) is 0 Å². The van der Waals surface area contributed by atoms with Gasteiger partial charge in [0.15, 0.2) is 6.10 Å². The number of nitrogens with zero attached hydrogens (tertiary/aromatic N) is 1. The number of ether oxygens (including phenoxy) is 1. The number of nitriles is 1. The second-order valence-electron chi connectivity index (χ2n) is 4.50. The molecule has 0 unspecified atom stereocenters. The van der Waals surface area contributed by atoms with Crippen LogP contribution in [0.1, 0.15) is 23.7 Å². The standard InChI is InChI=1S/C15H17BrN2O3S/c1-10(9-17)21-15(20)13(7-8-22-2)18-14(19)11-5-3-4-6-12(11)16/h3-6,10,13H,7-8H2,1-2H3,(H,18,19)/t10-,13-/m1/s1. The fraction of sp³-hybridized carbons (Fsp3) is 0.400. The Balaban J connectivity index is 2.80. The van der Waals surface area contributed by atoms with E-state index in [2.05, 4.69) is 21.2 Å². The number of halogens is 1. The third kappa shape index (κ3) is 5.70. The molecule has 2 atom stereocenters. The molecule has 0 fully saturated rings. The molecule has 0 bridgehead atoms. The summed E-state index contributed by atoms with van der Waals surface area (Å²) >= 11 is 4.87. The third-order valence-corrected chi connectivity index (χ3v) is 4.13. The van der Waals surface area contributed by atoms with Gasteiger partial charge in [-0.05, 0) is 53.4 Å². The molecule has 1 amide bonds. The monoisotopic (exact) mass is 384 g/mol. The van der Waals surface area contributed by atoms with E-state index in [1.165, 1.54) is 6.92 Å². The minimum absolute atomic E-state index is 0.361. The molecule has 22 heavy (non-hydrogen) atoms. The Morgan fingerprint density at radius 2 is 2.14 bits per heavy atom. The number of carbonyl (C=O) groups is 2. The van der Waals surface area contributed by atoms with Crippen LogP contribution in [0.2, 0.25) is 0 Å². The van der Waals surface area contributed by atoms with Gasteiger partial charge in [-0.3, -0.25) is 4.79 Å². The van der Waals surface area contributed by atoms with Crippen molar-refractivity contribution in [1.29, 1.82) is 5.26 Å². The first-order valence-electron chi connectivity index (χ1n) is 6.64. The largest absolute Gasteiger partial charge is 0.446 e. The Hall–Kier alpha value is -1.52. The Morgan fingerprint density at radius 1 is 1.45 bits per heavy atom. The minimum Gasteiger partial charge on any atom is -0.446 e. The molecule has 0 saturated heterocycles. The molecule has 0 aliphatic heterocycles. The zero-order chi connectivity index (χ0) is 16.5. The maximum atomic E-state index is 12.3. The molecular weight excluding hydrogens is 368 g/mol. The predicted molar refractivity (Wildman–Crippen MR) is 89.6 cm³/mol. The van der Waals surface area contributed by atoms with Gasteiger partial charge in [0, 0.05) is 4.47 Å². The van der Waals surface area contributed by atoms with Gasteiger partial charge in [0.25, 0.3) is 5.91 Å². The van der Waals surface area contributed by atoms with Crippen molar-refractivity contribution in [3.8, 4) is 6.07 Å². The Bertz CT molecular complexity index is 574. The molecule has 0 aromatic heterocycles. The molecule has 5 nitrogen and oxygen atoms in total. The lowest BCUT2D eigenvalue weighted by molar-refractivity contribution is -0.148. The number of hydrogen-bond donors (Lipinski definition) is 1. The smallest absolute Gasteiger partial charge is 0.329 e. The number of benzene rings is 1. The lowest BCUT2D eigenvalue weighted by atomic mass is 10.1. The summed E-state index contributed by atoms with van der Waals surface area (Å²) in [7, 11) is 0. The molecule has 0 radical (unpaired) electrons. The van der Waals surface area contributed by atoms with Crippen LogP contribution in [-0.4, -0.2) is 36.0 Å². The second kappa shape index (κ2) is 9.49. The third-order valence-electron chi connectivity index (χ3n) is 2.79. The molecule has 0 saturated carbocycles. The molecule has 0 heterocycles. The first kappa shape index (κ1) is 18.5. The van der Waals surface area contributed by atoms with Crippen LogP contribution in [0.25, 0.3) is 0 Å². The summed E-state index contributed by atoms with van der Waals surface area (Å²) in [5.74, 6) is -0.264. The van der Waals surface area contributed by atoms with Crippen LogP contribution in [0.4, 0.5) is 0 Å². The van der Waals surface area contributed by atoms with E-state index in [4.69, 9.17) is 10.00 Å². The van der Waals surface area contributed by atoms with E-state index in [0.717, 1.165) is 0 Å².